The maximum atomic E-state index is 12.9. The van der Waals surface area contributed by atoms with E-state index in [2.05, 4.69) is 16.3 Å². The fraction of sp³-hybridized carbons (Fsp3) is 0.375. The molecule has 7 nitrogen and oxygen atoms in total. The van der Waals surface area contributed by atoms with Gasteiger partial charge >= 0.3 is 0 Å². The molecule has 0 unspecified atom stereocenters. The van der Waals surface area contributed by atoms with Crippen LogP contribution in [0.3, 0.4) is 0 Å². The van der Waals surface area contributed by atoms with Crippen LogP contribution >= 0.6 is 0 Å². The summed E-state index contributed by atoms with van der Waals surface area (Å²) in [4.78, 5) is 29.9. The summed E-state index contributed by atoms with van der Waals surface area (Å²) in [5.41, 5.74) is 1.53. The van der Waals surface area contributed by atoms with Crippen LogP contribution in [0.1, 0.15) is 22.3 Å². The van der Waals surface area contributed by atoms with Crippen molar-refractivity contribution in [2.24, 2.45) is 0 Å². The van der Waals surface area contributed by atoms with E-state index >= 15 is 0 Å². The van der Waals surface area contributed by atoms with Gasteiger partial charge in [0.05, 0.1) is 31.5 Å². The molecule has 7 heteroatoms. The van der Waals surface area contributed by atoms with E-state index < -0.39 is 0 Å². The number of para-hydroxylation sites is 1. The molecule has 0 atom stereocenters. The zero-order valence-electron chi connectivity index (χ0n) is 17.6. The molecule has 162 valence electrons. The molecule has 2 aromatic carbocycles. The first-order chi connectivity index (χ1) is 15.2. The molecule has 1 aliphatic rings. The van der Waals surface area contributed by atoms with E-state index in [4.69, 9.17) is 10.00 Å². The molecule has 1 saturated heterocycles. The molecular weight excluding hydrogens is 392 g/mol. The first-order valence-corrected chi connectivity index (χ1v) is 10.6. The summed E-state index contributed by atoms with van der Waals surface area (Å²) in [6.45, 7) is 5.43. The molecule has 0 radical (unpaired) electrons. The Balaban J connectivity index is 1.62. The van der Waals surface area contributed by atoms with Gasteiger partial charge in [-0.1, -0.05) is 42.5 Å². The Morgan fingerprint density at radius 1 is 1.03 bits per heavy atom. The van der Waals surface area contributed by atoms with Gasteiger partial charge in [0.15, 0.2) is 5.78 Å². The van der Waals surface area contributed by atoms with E-state index in [1.54, 1.807) is 36.4 Å². The summed E-state index contributed by atoms with van der Waals surface area (Å²) in [5, 5.41) is 11.9. The van der Waals surface area contributed by atoms with Crippen LogP contribution in [0, 0.1) is 11.3 Å². The van der Waals surface area contributed by atoms with Gasteiger partial charge in [-0.25, -0.2) is 0 Å². The number of ketones is 1. The van der Waals surface area contributed by atoms with Crippen LogP contribution in [-0.4, -0.2) is 74.0 Å². The van der Waals surface area contributed by atoms with Crippen molar-refractivity contribution in [3.05, 3.63) is 65.7 Å². The number of hydrogen-bond donors (Lipinski definition) is 1. The van der Waals surface area contributed by atoms with Crippen LogP contribution in [-0.2, 0) is 9.53 Å². The number of nitrogens with one attached hydrogen (secondary N) is 1. The normalized spacial score (nSPS) is 14.2. The zero-order valence-corrected chi connectivity index (χ0v) is 17.6. The SMILES string of the molecule is N#CCCN(CCN1CCOCC1)CC(=O)Nc1ccccc1C(=O)c1ccccc1. The van der Waals surface area contributed by atoms with Gasteiger partial charge in [0, 0.05) is 50.3 Å². The predicted molar refractivity (Wildman–Crippen MR) is 119 cm³/mol. The highest BCUT2D eigenvalue weighted by molar-refractivity contribution is 6.13. The highest BCUT2D eigenvalue weighted by atomic mass is 16.5. The van der Waals surface area contributed by atoms with Gasteiger partial charge in [0.1, 0.15) is 0 Å². The molecule has 1 N–H and O–H groups in total. The second-order valence-corrected chi connectivity index (χ2v) is 7.43. The number of carbonyl (C=O) groups excluding carboxylic acids is 2. The maximum absolute atomic E-state index is 12.9. The smallest absolute Gasteiger partial charge is 0.238 e. The van der Waals surface area contributed by atoms with E-state index in [1.807, 2.05) is 23.1 Å². The number of hydrogen-bond acceptors (Lipinski definition) is 6. The third-order valence-corrected chi connectivity index (χ3v) is 5.22. The lowest BCUT2D eigenvalue weighted by atomic mass is 10.0. The van der Waals surface area contributed by atoms with Crippen LogP contribution in [0.4, 0.5) is 5.69 Å². The number of nitriles is 1. The van der Waals surface area contributed by atoms with Crippen molar-refractivity contribution in [3.63, 3.8) is 0 Å². The largest absolute Gasteiger partial charge is 0.379 e. The van der Waals surface area contributed by atoms with Crippen LogP contribution < -0.4 is 5.32 Å². The second-order valence-electron chi connectivity index (χ2n) is 7.43. The molecule has 0 aliphatic carbocycles. The lowest BCUT2D eigenvalue weighted by Crippen LogP contribution is -2.43. The molecule has 0 saturated carbocycles. The molecule has 1 amide bonds. The molecule has 1 heterocycles. The third kappa shape index (κ3) is 7.00. The highest BCUT2D eigenvalue weighted by Crippen LogP contribution is 2.19. The standard InChI is InChI=1S/C24H28N4O3/c25-11-6-12-28(14-13-27-15-17-31-18-16-27)19-23(29)26-22-10-5-4-9-21(22)24(30)20-7-2-1-3-8-20/h1-5,7-10H,6,12-19H2,(H,26,29). The molecule has 31 heavy (non-hydrogen) atoms. The van der Waals surface area contributed by atoms with E-state index in [0.29, 0.717) is 36.3 Å². The molecule has 0 aromatic heterocycles. The summed E-state index contributed by atoms with van der Waals surface area (Å²) >= 11 is 0. The monoisotopic (exact) mass is 420 g/mol. The first-order valence-electron chi connectivity index (χ1n) is 10.6. The number of benzene rings is 2. The molecule has 1 aliphatic heterocycles. The number of anilines is 1. The van der Waals surface area contributed by atoms with Crippen molar-refractivity contribution < 1.29 is 14.3 Å². The minimum absolute atomic E-state index is 0.134. The summed E-state index contributed by atoms with van der Waals surface area (Å²) in [7, 11) is 0. The lowest BCUT2D eigenvalue weighted by molar-refractivity contribution is -0.117. The average molecular weight is 421 g/mol. The van der Waals surface area contributed by atoms with E-state index in [0.717, 1.165) is 32.8 Å². The number of carbonyl (C=O) groups is 2. The molecule has 3 rings (SSSR count). The van der Waals surface area contributed by atoms with Crippen LogP contribution in [0.25, 0.3) is 0 Å². The summed E-state index contributed by atoms with van der Waals surface area (Å²) in [5.74, 6) is -0.335. The van der Waals surface area contributed by atoms with E-state index in [1.165, 1.54) is 0 Å². The molecule has 0 bridgehead atoms. The topological polar surface area (TPSA) is 85.7 Å². The lowest BCUT2D eigenvalue weighted by Gasteiger charge is -2.29. The Bertz CT molecular complexity index is 905. The highest BCUT2D eigenvalue weighted by Gasteiger charge is 2.18. The van der Waals surface area contributed by atoms with Gasteiger partial charge in [0.2, 0.25) is 5.91 Å². The van der Waals surface area contributed by atoms with Crippen molar-refractivity contribution in [2.75, 3.05) is 57.8 Å². The quantitative estimate of drug-likeness (QED) is 0.594. The van der Waals surface area contributed by atoms with Gasteiger partial charge in [0.25, 0.3) is 0 Å². The fourth-order valence-electron chi connectivity index (χ4n) is 3.51. The number of ether oxygens (including phenoxy) is 1. The summed E-state index contributed by atoms with van der Waals surface area (Å²) < 4.78 is 5.37. The van der Waals surface area contributed by atoms with Crippen LogP contribution in [0.15, 0.2) is 54.6 Å². The van der Waals surface area contributed by atoms with Gasteiger partial charge in [-0.15, -0.1) is 0 Å². The van der Waals surface area contributed by atoms with Gasteiger partial charge < -0.3 is 10.1 Å². The van der Waals surface area contributed by atoms with Crippen molar-refractivity contribution in [1.82, 2.24) is 9.80 Å². The van der Waals surface area contributed by atoms with Crippen molar-refractivity contribution in [1.29, 1.82) is 5.26 Å². The van der Waals surface area contributed by atoms with Crippen molar-refractivity contribution in [3.8, 4) is 6.07 Å². The predicted octanol–water partition coefficient (Wildman–Crippen LogP) is 2.40. The minimum Gasteiger partial charge on any atom is -0.379 e. The number of morpholine rings is 1. The van der Waals surface area contributed by atoms with Crippen LogP contribution in [0.5, 0.6) is 0 Å². The van der Waals surface area contributed by atoms with Gasteiger partial charge in [-0.05, 0) is 12.1 Å². The maximum Gasteiger partial charge on any atom is 0.238 e. The van der Waals surface area contributed by atoms with Crippen molar-refractivity contribution >= 4 is 17.4 Å². The molecule has 2 aromatic rings. The Labute approximate surface area is 183 Å². The fourth-order valence-corrected chi connectivity index (χ4v) is 3.51. The summed E-state index contributed by atoms with van der Waals surface area (Å²) in [6, 6.07) is 18.2. The third-order valence-electron chi connectivity index (χ3n) is 5.22. The number of rotatable bonds is 10. The Hall–Kier alpha value is -3.05. The Morgan fingerprint density at radius 3 is 2.48 bits per heavy atom. The van der Waals surface area contributed by atoms with Crippen LogP contribution in [0.2, 0.25) is 0 Å². The molecule has 0 spiro atoms. The minimum atomic E-state index is -0.201. The Morgan fingerprint density at radius 2 is 1.74 bits per heavy atom. The van der Waals surface area contributed by atoms with E-state index in [9.17, 15) is 9.59 Å². The second kappa shape index (κ2) is 12.0. The first kappa shape index (κ1) is 22.6. The molecular formula is C24H28N4O3. The number of amides is 1. The summed E-state index contributed by atoms with van der Waals surface area (Å²) in [6.07, 6.45) is 0.361. The number of nitrogens with zero attached hydrogens (tertiary/aromatic N) is 3. The van der Waals surface area contributed by atoms with Crippen molar-refractivity contribution in [2.45, 2.75) is 6.42 Å². The van der Waals surface area contributed by atoms with Gasteiger partial charge in [-0.3, -0.25) is 19.4 Å². The zero-order chi connectivity index (χ0) is 21.9. The van der Waals surface area contributed by atoms with Gasteiger partial charge in [-0.2, -0.15) is 5.26 Å². The van der Waals surface area contributed by atoms with E-state index in [-0.39, 0.29) is 18.2 Å². The Kier molecular flexibility index (Phi) is 8.73. The average Bonchev–Trinajstić information content (AvgIpc) is 2.82. The molecule has 1 fully saturated rings.